The van der Waals surface area contributed by atoms with Gasteiger partial charge >= 0.3 is 0 Å². The highest BCUT2D eigenvalue weighted by atomic mass is 16.7. The molecule has 0 unspecified atom stereocenters. The van der Waals surface area contributed by atoms with E-state index in [1.165, 1.54) is 0 Å². The minimum Gasteiger partial charge on any atom is -0.370 e. The second kappa shape index (κ2) is 5.44. The average molecular weight is 216 g/mol. The number of nitrogens with one attached hydrogen (secondary N) is 1. The van der Waals surface area contributed by atoms with Gasteiger partial charge in [-0.05, 0) is 26.8 Å². The number of nitrogens with two attached hydrogens (primary N) is 1. The van der Waals surface area contributed by atoms with E-state index < -0.39 is 5.79 Å². The monoisotopic (exact) mass is 216 g/mol. The van der Waals surface area contributed by atoms with E-state index in [-0.39, 0.29) is 11.9 Å². The van der Waals surface area contributed by atoms with Crippen molar-refractivity contribution in [1.29, 1.82) is 0 Å². The molecule has 0 aliphatic carbocycles. The molecule has 0 atom stereocenters. The molecule has 15 heavy (non-hydrogen) atoms. The summed E-state index contributed by atoms with van der Waals surface area (Å²) in [5.41, 5.74) is 5.03. The number of amides is 1. The van der Waals surface area contributed by atoms with Crippen molar-refractivity contribution in [3.8, 4) is 0 Å². The Bertz CT molecular complexity index is 209. The van der Waals surface area contributed by atoms with E-state index in [1.54, 1.807) is 0 Å². The van der Waals surface area contributed by atoms with Gasteiger partial charge in [-0.3, -0.25) is 4.79 Å². The van der Waals surface area contributed by atoms with Crippen LogP contribution < -0.4 is 11.1 Å². The van der Waals surface area contributed by atoms with Crippen molar-refractivity contribution in [1.82, 2.24) is 5.32 Å². The van der Waals surface area contributed by atoms with E-state index in [0.29, 0.717) is 19.6 Å². The Balaban J connectivity index is 2.06. The Kier molecular flexibility index (Phi) is 4.50. The third-order valence-corrected chi connectivity index (χ3v) is 2.30. The maximum Gasteiger partial charge on any atom is 0.217 e. The summed E-state index contributed by atoms with van der Waals surface area (Å²) in [5, 5.41) is 3.26. The molecule has 3 N–H and O–H groups in total. The molecule has 0 radical (unpaired) electrons. The summed E-state index contributed by atoms with van der Waals surface area (Å²) in [6.07, 6.45) is 1.18. The van der Waals surface area contributed by atoms with Crippen molar-refractivity contribution >= 4 is 5.91 Å². The molecular weight excluding hydrogens is 196 g/mol. The molecule has 1 heterocycles. The van der Waals surface area contributed by atoms with Gasteiger partial charge in [0.05, 0.1) is 19.3 Å². The summed E-state index contributed by atoms with van der Waals surface area (Å²) in [6, 6.07) is 0.214. The second-order valence-electron chi connectivity index (χ2n) is 4.24. The molecule has 0 aromatic heterocycles. The first-order chi connectivity index (χ1) is 6.99. The zero-order chi connectivity index (χ0) is 11.3. The number of rotatable bonds is 5. The summed E-state index contributed by atoms with van der Waals surface area (Å²) in [6.45, 7) is 5.85. The van der Waals surface area contributed by atoms with Crippen molar-refractivity contribution in [3.63, 3.8) is 0 Å². The molecule has 0 aromatic carbocycles. The first-order valence-corrected chi connectivity index (χ1v) is 5.29. The van der Waals surface area contributed by atoms with Crippen molar-refractivity contribution in [2.45, 2.75) is 38.5 Å². The molecule has 0 bridgehead atoms. The fourth-order valence-corrected chi connectivity index (χ4v) is 1.38. The van der Waals surface area contributed by atoms with Gasteiger partial charge in [0.25, 0.3) is 0 Å². The number of hydrogen-bond donors (Lipinski definition) is 2. The lowest BCUT2D eigenvalue weighted by Gasteiger charge is -2.35. The Morgan fingerprint density at radius 2 is 2.07 bits per heavy atom. The van der Waals surface area contributed by atoms with E-state index in [1.807, 2.05) is 13.8 Å². The van der Waals surface area contributed by atoms with E-state index in [9.17, 15) is 4.79 Å². The zero-order valence-corrected chi connectivity index (χ0v) is 9.41. The van der Waals surface area contributed by atoms with Crippen LogP contribution in [0.4, 0.5) is 0 Å². The number of primary amides is 1. The lowest BCUT2D eigenvalue weighted by atomic mass is 10.2. The SMILES string of the molecule is CC1(C)OCC(NCCCC(N)=O)CO1. The van der Waals surface area contributed by atoms with Crippen molar-refractivity contribution in [2.75, 3.05) is 19.8 Å². The quantitative estimate of drug-likeness (QED) is 0.634. The molecule has 1 aliphatic rings. The Morgan fingerprint density at radius 3 is 2.60 bits per heavy atom. The minimum absolute atomic E-state index is 0.214. The van der Waals surface area contributed by atoms with E-state index in [4.69, 9.17) is 15.2 Å². The topological polar surface area (TPSA) is 73.6 Å². The minimum atomic E-state index is -0.467. The second-order valence-corrected chi connectivity index (χ2v) is 4.24. The van der Waals surface area contributed by atoms with Crippen LogP contribution in [0.25, 0.3) is 0 Å². The summed E-state index contributed by atoms with van der Waals surface area (Å²) in [5.74, 6) is -0.722. The van der Waals surface area contributed by atoms with E-state index in [0.717, 1.165) is 13.0 Å². The van der Waals surface area contributed by atoms with Crippen LogP contribution in [-0.2, 0) is 14.3 Å². The van der Waals surface area contributed by atoms with Crippen LogP contribution in [0, 0.1) is 0 Å². The van der Waals surface area contributed by atoms with Gasteiger partial charge in [0.2, 0.25) is 5.91 Å². The van der Waals surface area contributed by atoms with Crippen molar-refractivity contribution < 1.29 is 14.3 Å². The highest BCUT2D eigenvalue weighted by Gasteiger charge is 2.27. The normalized spacial score (nSPS) is 21.5. The van der Waals surface area contributed by atoms with Gasteiger partial charge in [0.1, 0.15) is 0 Å². The Morgan fingerprint density at radius 1 is 1.47 bits per heavy atom. The highest BCUT2D eigenvalue weighted by molar-refractivity contribution is 5.73. The Labute approximate surface area is 90.3 Å². The molecule has 1 amide bonds. The smallest absolute Gasteiger partial charge is 0.217 e. The fraction of sp³-hybridized carbons (Fsp3) is 0.900. The lowest BCUT2D eigenvalue weighted by Crippen LogP contribution is -2.48. The predicted octanol–water partition coefficient (Wildman–Crippen LogP) is -0.00700. The van der Waals surface area contributed by atoms with Crippen LogP contribution in [0.1, 0.15) is 26.7 Å². The molecule has 1 rings (SSSR count). The number of ether oxygens (including phenoxy) is 2. The first-order valence-electron chi connectivity index (χ1n) is 5.29. The van der Waals surface area contributed by atoms with Crippen molar-refractivity contribution in [2.24, 2.45) is 5.73 Å². The molecule has 5 heteroatoms. The molecule has 1 aliphatic heterocycles. The number of carbonyl (C=O) groups is 1. The van der Waals surface area contributed by atoms with E-state index in [2.05, 4.69) is 5.32 Å². The number of carbonyl (C=O) groups excluding carboxylic acids is 1. The van der Waals surface area contributed by atoms with Gasteiger partial charge in [-0.2, -0.15) is 0 Å². The van der Waals surface area contributed by atoms with Gasteiger partial charge in [-0.15, -0.1) is 0 Å². The summed E-state index contributed by atoms with van der Waals surface area (Å²) < 4.78 is 11.0. The molecule has 1 fully saturated rings. The molecule has 88 valence electrons. The van der Waals surface area contributed by atoms with Crippen LogP contribution >= 0.6 is 0 Å². The lowest BCUT2D eigenvalue weighted by molar-refractivity contribution is -0.252. The predicted molar refractivity (Wildman–Crippen MR) is 56.2 cm³/mol. The van der Waals surface area contributed by atoms with Gasteiger partial charge in [0, 0.05) is 6.42 Å². The zero-order valence-electron chi connectivity index (χ0n) is 9.41. The molecule has 0 saturated carbocycles. The molecule has 5 nitrogen and oxygen atoms in total. The van der Waals surface area contributed by atoms with Crippen LogP contribution in [0.5, 0.6) is 0 Å². The molecule has 1 saturated heterocycles. The van der Waals surface area contributed by atoms with Crippen LogP contribution in [0.15, 0.2) is 0 Å². The van der Waals surface area contributed by atoms with Gasteiger partial charge in [0.15, 0.2) is 5.79 Å². The van der Waals surface area contributed by atoms with E-state index >= 15 is 0 Å². The molecule has 0 spiro atoms. The van der Waals surface area contributed by atoms with Crippen LogP contribution in [-0.4, -0.2) is 37.5 Å². The van der Waals surface area contributed by atoms with Gasteiger partial charge in [-0.25, -0.2) is 0 Å². The Hall–Kier alpha value is -0.650. The van der Waals surface area contributed by atoms with Crippen molar-refractivity contribution in [3.05, 3.63) is 0 Å². The highest BCUT2D eigenvalue weighted by Crippen LogP contribution is 2.16. The summed E-state index contributed by atoms with van der Waals surface area (Å²) in [4.78, 5) is 10.5. The maximum atomic E-state index is 10.5. The third kappa shape index (κ3) is 5.11. The largest absolute Gasteiger partial charge is 0.370 e. The maximum absolute atomic E-state index is 10.5. The molecule has 0 aromatic rings. The summed E-state index contributed by atoms with van der Waals surface area (Å²) in [7, 11) is 0. The fourth-order valence-electron chi connectivity index (χ4n) is 1.38. The van der Waals surface area contributed by atoms with Gasteiger partial charge in [-0.1, -0.05) is 0 Å². The summed E-state index contributed by atoms with van der Waals surface area (Å²) >= 11 is 0. The average Bonchev–Trinajstić information content (AvgIpc) is 2.14. The first kappa shape index (κ1) is 12.4. The molecular formula is C10H20N2O3. The standard InChI is InChI=1S/C10H20N2O3/c1-10(2)14-6-8(7-15-10)12-5-3-4-9(11)13/h8,12H,3-7H2,1-2H3,(H2,11,13). The van der Waals surface area contributed by atoms with Crippen LogP contribution in [0.3, 0.4) is 0 Å². The third-order valence-electron chi connectivity index (χ3n) is 2.30. The van der Waals surface area contributed by atoms with Crippen LogP contribution in [0.2, 0.25) is 0 Å². The number of hydrogen-bond acceptors (Lipinski definition) is 4. The van der Waals surface area contributed by atoms with Gasteiger partial charge < -0.3 is 20.5 Å².